The molecule has 2 saturated carbocycles. The molecule has 0 bridgehead atoms. The van der Waals surface area contributed by atoms with Crippen LogP contribution in [0.2, 0.25) is 0 Å². The van der Waals surface area contributed by atoms with Crippen molar-refractivity contribution in [3.8, 4) is 11.8 Å². The van der Waals surface area contributed by atoms with Gasteiger partial charge in [-0.15, -0.1) is 0 Å². The Morgan fingerprint density at radius 2 is 1.58 bits per heavy atom. The molecular weight excluding hydrogens is 450 g/mol. The Hall–Kier alpha value is -1.27. The van der Waals surface area contributed by atoms with Crippen molar-refractivity contribution >= 4 is 5.78 Å². The molecule has 4 atom stereocenters. The number of ketones is 1. The molecule has 0 aromatic rings. The number of Topliss-reactive ketones (excluding diaryl/α,β-unsaturated/α-hetero) is 1. The Morgan fingerprint density at radius 3 is 2.09 bits per heavy atom. The highest BCUT2D eigenvalue weighted by Gasteiger charge is 2.70. The fourth-order valence-corrected chi connectivity index (χ4v) is 6.06. The lowest BCUT2D eigenvalue weighted by molar-refractivity contribution is -0.343. The predicted molar refractivity (Wildman–Crippen MR) is 111 cm³/mol. The standard InChI is InChI=1S/C24H34F6O3/c1-19(2,32)11-6-12-20(3,13-7-15-22(33,23(25,26)27)24(28,29)30)18-10-9-16-17(31)8-5-14-21(16,18)4/h16,18,32-33H,5-6,8-14H2,1-4H3/t16?,18-,20?,21+/m1/s1. The SMILES string of the molecule is CC(C)(O)CCCC(C)(CC#CC(O)(C(F)(F)F)C(F)(F)F)[C@H]1CCC2C(=O)CCC[C@@]21C. The Kier molecular flexibility index (Phi) is 7.69. The molecule has 2 unspecified atom stereocenters. The first-order valence-electron chi connectivity index (χ1n) is 11.4. The van der Waals surface area contributed by atoms with Crippen molar-refractivity contribution in [3.63, 3.8) is 0 Å². The molecule has 2 aliphatic carbocycles. The van der Waals surface area contributed by atoms with Gasteiger partial charge >= 0.3 is 18.0 Å². The molecule has 0 aliphatic heterocycles. The maximum atomic E-state index is 13.0. The van der Waals surface area contributed by atoms with Gasteiger partial charge in [-0.2, -0.15) is 26.3 Å². The molecule has 0 aromatic heterocycles. The molecule has 0 saturated heterocycles. The summed E-state index contributed by atoms with van der Waals surface area (Å²) >= 11 is 0. The summed E-state index contributed by atoms with van der Waals surface area (Å²) in [4.78, 5) is 12.5. The molecule has 190 valence electrons. The molecule has 0 aromatic carbocycles. The third-order valence-electron chi connectivity index (χ3n) is 7.82. The van der Waals surface area contributed by atoms with Crippen LogP contribution < -0.4 is 0 Å². The molecule has 33 heavy (non-hydrogen) atoms. The molecule has 9 heteroatoms. The van der Waals surface area contributed by atoms with E-state index in [0.29, 0.717) is 44.9 Å². The van der Waals surface area contributed by atoms with Crippen molar-refractivity contribution in [2.24, 2.45) is 22.7 Å². The summed E-state index contributed by atoms with van der Waals surface area (Å²) < 4.78 is 78.3. The van der Waals surface area contributed by atoms with E-state index in [1.165, 1.54) is 0 Å². The van der Waals surface area contributed by atoms with Gasteiger partial charge in [0.25, 0.3) is 0 Å². The van der Waals surface area contributed by atoms with Gasteiger partial charge in [-0.1, -0.05) is 26.2 Å². The summed E-state index contributed by atoms with van der Waals surface area (Å²) in [6.45, 7) is 7.05. The zero-order valence-corrected chi connectivity index (χ0v) is 19.6. The zero-order chi connectivity index (χ0) is 25.5. The first-order valence-corrected chi connectivity index (χ1v) is 11.4. The van der Waals surface area contributed by atoms with E-state index in [1.54, 1.807) is 20.8 Å². The maximum absolute atomic E-state index is 13.0. The van der Waals surface area contributed by atoms with Crippen LogP contribution in [-0.2, 0) is 4.79 Å². The van der Waals surface area contributed by atoms with Crippen LogP contribution in [0.25, 0.3) is 0 Å². The number of hydrogen-bond acceptors (Lipinski definition) is 3. The summed E-state index contributed by atoms with van der Waals surface area (Å²) in [5.74, 6) is 3.01. The van der Waals surface area contributed by atoms with E-state index in [4.69, 9.17) is 0 Å². The van der Waals surface area contributed by atoms with Crippen molar-refractivity contribution in [2.45, 2.75) is 109 Å². The Bertz CT molecular complexity index is 771. The van der Waals surface area contributed by atoms with Crippen LogP contribution in [-0.4, -0.2) is 39.6 Å². The largest absolute Gasteiger partial charge is 0.438 e. The van der Waals surface area contributed by atoms with Crippen molar-refractivity contribution < 1.29 is 41.4 Å². The van der Waals surface area contributed by atoms with Crippen molar-refractivity contribution in [1.29, 1.82) is 0 Å². The lowest BCUT2D eigenvalue weighted by Crippen LogP contribution is -2.55. The van der Waals surface area contributed by atoms with Gasteiger partial charge in [0.2, 0.25) is 0 Å². The first kappa shape index (κ1) is 28.0. The van der Waals surface area contributed by atoms with Crippen molar-refractivity contribution in [3.05, 3.63) is 0 Å². The lowest BCUT2D eigenvalue weighted by Gasteiger charge is -2.48. The summed E-state index contributed by atoms with van der Waals surface area (Å²) in [5.41, 5.74) is -7.25. The Balaban J connectivity index is 2.39. The highest BCUT2D eigenvalue weighted by atomic mass is 19.4. The second-order valence-corrected chi connectivity index (χ2v) is 11.0. The number of alkyl halides is 6. The van der Waals surface area contributed by atoms with Crippen LogP contribution in [0, 0.1) is 34.5 Å². The second kappa shape index (κ2) is 9.07. The molecular formula is C24H34F6O3. The summed E-state index contributed by atoms with van der Waals surface area (Å²) in [6.07, 6.45) is -7.71. The zero-order valence-electron chi connectivity index (χ0n) is 19.6. The van der Waals surface area contributed by atoms with Crippen LogP contribution in [0.15, 0.2) is 0 Å². The third-order valence-corrected chi connectivity index (χ3v) is 7.82. The number of halogens is 6. The Morgan fingerprint density at radius 1 is 1.00 bits per heavy atom. The van der Waals surface area contributed by atoms with Gasteiger partial charge in [-0.25, -0.2) is 0 Å². The summed E-state index contributed by atoms with van der Waals surface area (Å²) in [5, 5.41) is 19.5. The van der Waals surface area contributed by atoms with Crippen molar-refractivity contribution in [1.82, 2.24) is 0 Å². The van der Waals surface area contributed by atoms with Gasteiger partial charge in [-0.05, 0) is 75.0 Å². The van der Waals surface area contributed by atoms with Gasteiger partial charge in [0.1, 0.15) is 5.78 Å². The van der Waals surface area contributed by atoms with Crippen LogP contribution in [0.3, 0.4) is 0 Å². The summed E-state index contributed by atoms with van der Waals surface area (Å²) in [7, 11) is 0. The molecule has 2 N–H and O–H groups in total. The van der Waals surface area contributed by atoms with E-state index in [9.17, 15) is 41.4 Å². The second-order valence-electron chi connectivity index (χ2n) is 11.0. The van der Waals surface area contributed by atoms with E-state index in [0.717, 1.165) is 12.3 Å². The van der Waals surface area contributed by atoms with E-state index in [-0.39, 0.29) is 24.0 Å². The van der Waals surface area contributed by atoms with Crippen LogP contribution in [0.1, 0.15) is 85.5 Å². The highest BCUT2D eigenvalue weighted by Crippen LogP contribution is 2.61. The first-order chi connectivity index (χ1) is 14.8. The van der Waals surface area contributed by atoms with Gasteiger partial charge in [0.15, 0.2) is 0 Å². The molecule has 0 heterocycles. The molecule has 2 rings (SSSR count). The van der Waals surface area contributed by atoms with Gasteiger partial charge < -0.3 is 10.2 Å². The fourth-order valence-electron chi connectivity index (χ4n) is 6.06. The quantitative estimate of drug-likeness (QED) is 0.361. The topological polar surface area (TPSA) is 57.5 Å². The molecule has 2 fully saturated rings. The van der Waals surface area contributed by atoms with E-state index in [1.807, 2.05) is 12.8 Å². The van der Waals surface area contributed by atoms with Crippen molar-refractivity contribution in [2.75, 3.05) is 0 Å². The number of carbonyl (C=O) groups excluding carboxylic acids is 1. The molecule has 3 nitrogen and oxygen atoms in total. The minimum absolute atomic E-state index is 0.125. The molecule has 0 spiro atoms. The number of carbonyl (C=O) groups is 1. The fraction of sp³-hybridized carbons (Fsp3) is 0.875. The monoisotopic (exact) mass is 484 g/mol. The van der Waals surface area contributed by atoms with Crippen LogP contribution in [0.4, 0.5) is 26.3 Å². The van der Waals surface area contributed by atoms with Crippen LogP contribution in [0.5, 0.6) is 0 Å². The Labute approximate surface area is 191 Å². The highest BCUT2D eigenvalue weighted by molar-refractivity contribution is 5.83. The van der Waals surface area contributed by atoms with Crippen LogP contribution >= 0.6 is 0 Å². The van der Waals surface area contributed by atoms with Gasteiger partial charge in [0.05, 0.1) is 5.60 Å². The van der Waals surface area contributed by atoms with E-state index < -0.39 is 34.4 Å². The minimum atomic E-state index is -5.99. The van der Waals surface area contributed by atoms with Gasteiger partial charge in [0, 0.05) is 18.8 Å². The molecule has 2 aliphatic rings. The van der Waals surface area contributed by atoms with E-state index in [2.05, 4.69) is 0 Å². The average molecular weight is 485 g/mol. The number of hydrogen-bond donors (Lipinski definition) is 2. The third kappa shape index (κ3) is 5.70. The normalized spacial score (nSPS) is 28.7. The number of aliphatic hydroxyl groups is 2. The minimum Gasteiger partial charge on any atom is -0.390 e. The lowest BCUT2D eigenvalue weighted by atomic mass is 9.56. The predicted octanol–water partition coefficient (Wildman–Crippen LogP) is 5.97. The average Bonchev–Trinajstić information content (AvgIpc) is 2.97. The molecule has 0 radical (unpaired) electrons. The smallest absolute Gasteiger partial charge is 0.390 e. The molecule has 0 amide bonds. The maximum Gasteiger partial charge on any atom is 0.438 e. The number of rotatable bonds is 6. The van der Waals surface area contributed by atoms with E-state index >= 15 is 0 Å². The number of fused-ring (bicyclic) bond motifs is 1. The van der Waals surface area contributed by atoms with Gasteiger partial charge in [-0.3, -0.25) is 4.79 Å². The summed E-state index contributed by atoms with van der Waals surface area (Å²) in [6, 6.07) is 0.